The van der Waals surface area contributed by atoms with E-state index < -0.39 is 5.97 Å². The number of oxazole rings is 1. The van der Waals surface area contributed by atoms with Crippen LogP contribution >= 0.6 is 11.6 Å². The van der Waals surface area contributed by atoms with E-state index in [1.165, 1.54) is 6.26 Å². The standard InChI is InChI=1S/C24H23ClN6O3/c1-2-33-22(32)20-13-34-24(30-20)29-19-9-8-17-11-15(19)7-6-14-4-3-5-16(10-14)28-23-26-12-18(25)21(27-17)31-23/h3-5,8-9,11-14H,2,6-7,10H2,1H3,(H,29,30)(H2,26,27,28,31). The molecule has 1 aliphatic heterocycles. The highest BCUT2D eigenvalue weighted by molar-refractivity contribution is 6.32. The second-order valence-corrected chi connectivity index (χ2v) is 8.38. The van der Waals surface area contributed by atoms with Crippen LogP contribution < -0.4 is 16.0 Å². The number of nitrogens with zero attached hydrogens (tertiary/aromatic N) is 3. The fourth-order valence-electron chi connectivity index (χ4n) is 3.92. The highest BCUT2D eigenvalue weighted by Gasteiger charge is 2.18. The normalized spacial score (nSPS) is 16.6. The first kappa shape index (κ1) is 22.0. The first-order valence-electron chi connectivity index (χ1n) is 11.0. The number of fused-ring (bicyclic) bond motifs is 6. The minimum Gasteiger partial charge on any atom is -0.461 e. The largest absolute Gasteiger partial charge is 0.461 e. The van der Waals surface area contributed by atoms with E-state index in [2.05, 4.69) is 43.1 Å². The first-order valence-corrected chi connectivity index (χ1v) is 11.4. The molecule has 0 amide bonds. The van der Waals surface area contributed by atoms with Crippen LogP contribution in [0.4, 0.5) is 29.2 Å². The number of hydrogen-bond acceptors (Lipinski definition) is 9. The average molecular weight is 479 g/mol. The zero-order valence-corrected chi connectivity index (χ0v) is 19.2. The lowest BCUT2D eigenvalue weighted by Crippen LogP contribution is -2.11. The summed E-state index contributed by atoms with van der Waals surface area (Å²) in [5.74, 6) is 0.848. The Balaban J connectivity index is 1.46. The van der Waals surface area contributed by atoms with Crippen LogP contribution in [0.25, 0.3) is 0 Å². The van der Waals surface area contributed by atoms with Gasteiger partial charge in [-0.05, 0) is 61.9 Å². The number of esters is 1. The number of hydrogen-bond donors (Lipinski definition) is 3. The SMILES string of the molecule is CCOC(=O)c1coc(Nc2ccc3cc2CCC2C=CC=C(C2)Nc2ncc(Cl)c(n2)N3)n1. The van der Waals surface area contributed by atoms with Crippen LogP contribution in [0.15, 0.2) is 59.0 Å². The van der Waals surface area contributed by atoms with Crippen molar-refractivity contribution >= 4 is 46.7 Å². The zero-order chi connectivity index (χ0) is 23.5. The molecule has 10 heteroatoms. The van der Waals surface area contributed by atoms with Gasteiger partial charge in [-0.3, -0.25) is 0 Å². The number of aromatic nitrogens is 3. The molecule has 0 radical (unpaired) electrons. The van der Waals surface area contributed by atoms with Gasteiger partial charge in [-0.15, -0.1) is 0 Å². The molecule has 3 N–H and O–H groups in total. The fraction of sp³-hybridized carbons (Fsp3) is 0.250. The number of rotatable bonds is 4. The van der Waals surface area contributed by atoms with Crippen molar-refractivity contribution in [3.05, 3.63) is 70.9 Å². The summed E-state index contributed by atoms with van der Waals surface area (Å²) in [7, 11) is 0. The summed E-state index contributed by atoms with van der Waals surface area (Å²) < 4.78 is 10.4. The quantitative estimate of drug-likeness (QED) is 0.412. The van der Waals surface area contributed by atoms with Gasteiger partial charge in [0.2, 0.25) is 5.95 Å². The van der Waals surface area contributed by atoms with Crippen molar-refractivity contribution < 1.29 is 13.9 Å². The Morgan fingerprint density at radius 1 is 1.32 bits per heavy atom. The van der Waals surface area contributed by atoms with Crippen molar-refractivity contribution in [3.8, 4) is 0 Å². The highest BCUT2D eigenvalue weighted by atomic mass is 35.5. The van der Waals surface area contributed by atoms with Crippen molar-refractivity contribution in [2.45, 2.75) is 26.2 Å². The van der Waals surface area contributed by atoms with E-state index in [1.54, 1.807) is 13.1 Å². The number of anilines is 5. The van der Waals surface area contributed by atoms with Gasteiger partial charge in [0.25, 0.3) is 6.01 Å². The van der Waals surface area contributed by atoms with Crippen LogP contribution in [0.2, 0.25) is 5.02 Å². The van der Waals surface area contributed by atoms with Crippen molar-refractivity contribution in [2.24, 2.45) is 5.92 Å². The van der Waals surface area contributed by atoms with E-state index in [0.717, 1.165) is 41.9 Å². The third-order valence-electron chi connectivity index (χ3n) is 5.56. The Labute approximate surface area is 201 Å². The number of benzene rings is 1. The van der Waals surface area contributed by atoms with Crippen molar-refractivity contribution in [3.63, 3.8) is 0 Å². The van der Waals surface area contributed by atoms with Crippen molar-refractivity contribution in [1.29, 1.82) is 0 Å². The monoisotopic (exact) mass is 478 g/mol. The summed E-state index contributed by atoms with van der Waals surface area (Å²) in [4.78, 5) is 25.0. The van der Waals surface area contributed by atoms with Crippen LogP contribution in [0.1, 0.15) is 35.8 Å². The predicted molar refractivity (Wildman–Crippen MR) is 130 cm³/mol. The number of halogens is 1. The van der Waals surface area contributed by atoms with Gasteiger partial charge in [0.15, 0.2) is 11.5 Å². The van der Waals surface area contributed by atoms with E-state index in [4.69, 9.17) is 20.8 Å². The maximum absolute atomic E-state index is 11.9. The molecule has 34 heavy (non-hydrogen) atoms. The van der Waals surface area contributed by atoms with Gasteiger partial charge in [0.05, 0.1) is 12.8 Å². The predicted octanol–water partition coefficient (Wildman–Crippen LogP) is 5.60. The molecule has 5 rings (SSSR count). The summed E-state index contributed by atoms with van der Waals surface area (Å²) in [6.45, 7) is 2.01. The molecule has 0 saturated heterocycles. The minimum atomic E-state index is -0.521. The maximum Gasteiger partial charge on any atom is 0.360 e. The average Bonchev–Trinajstić information content (AvgIpc) is 3.30. The molecule has 0 saturated carbocycles. The summed E-state index contributed by atoms with van der Waals surface area (Å²) >= 11 is 6.35. The number of carbonyl (C=O) groups excluding carboxylic acids is 1. The second kappa shape index (κ2) is 9.56. The Morgan fingerprint density at radius 2 is 2.24 bits per heavy atom. The van der Waals surface area contributed by atoms with E-state index >= 15 is 0 Å². The minimum absolute atomic E-state index is 0.121. The van der Waals surface area contributed by atoms with Gasteiger partial charge in [-0.1, -0.05) is 23.8 Å². The van der Waals surface area contributed by atoms with E-state index in [0.29, 0.717) is 22.7 Å². The molecule has 1 aromatic carbocycles. The topological polar surface area (TPSA) is 114 Å². The van der Waals surface area contributed by atoms with Crippen LogP contribution in [0.5, 0.6) is 0 Å². The zero-order valence-electron chi connectivity index (χ0n) is 18.5. The van der Waals surface area contributed by atoms with Crippen LogP contribution in [0.3, 0.4) is 0 Å². The van der Waals surface area contributed by atoms with Gasteiger partial charge >= 0.3 is 5.97 Å². The number of ether oxygens (including phenoxy) is 1. The molecule has 3 aromatic rings. The third-order valence-corrected chi connectivity index (χ3v) is 5.84. The van der Waals surface area contributed by atoms with Crippen molar-refractivity contribution in [2.75, 3.05) is 22.6 Å². The van der Waals surface area contributed by atoms with Crippen LogP contribution in [0, 0.1) is 5.92 Å². The summed E-state index contributed by atoms with van der Waals surface area (Å²) in [5, 5.41) is 10.2. The Morgan fingerprint density at radius 3 is 3.12 bits per heavy atom. The Kier molecular flexibility index (Phi) is 6.18. The van der Waals surface area contributed by atoms with Crippen LogP contribution in [-0.2, 0) is 11.2 Å². The van der Waals surface area contributed by atoms with Gasteiger partial charge in [0, 0.05) is 17.1 Å². The molecular weight excluding hydrogens is 456 g/mol. The van der Waals surface area contributed by atoms with Gasteiger partial charge in [-0.2, -0.15) is 9.97 Å². The summed E-state index contributed by atoms with van der Waals surface area (Å²) in [5.41, 5.74) is 3.90. The maximum atomic E-state index is 11.9. The highest BCUT2D eigenvalue weighted by Crippen LogP contribution is 2.32. The Hall–Kier alpha value is -3.85. The second-order valence-electron chi connectivity index (χ2n) is 7.98. The lowest BCUT2D eigenvalue weighted by Gasteiger charge is -2.19. The molecule has 9 nitrogen and oxygen atoms in total. The number of aryl methyl sites for hydroxylation is 1. The third kappa shape index (κ3) is 4.89. The van der Waals surface area contributed by atoms with E-state index in [-0.39, 0.29) is 18.3 Å². The van der Waals surface area contributed by atoms with Gasteiger partial charge < -0.3 is 25.1 Å². The molecule has 174 valence electrons. The summed E-state index contributed by atoms with van der Waals surface area (Å²) in [6.07, 6.45) is 11.8. The molecule has 0 fully saturated rings. The molecule has 2 aromatic heterocycles. The summed E-state index contributed by atoms with van der Waals surface area (Å²) in [6, 6.07) is 6.11. The van der Waals surface area contributed by atoms with Gasteiger partial charge in [0.1, 0.15) is 11.3 Å². The number of nitrogens with one attached hydrogen (secondary N) is 3. The molecule has 3 heterocycles. The first-order chi connectivity index (χ1) is 16.6. The molecule has 1 atom stereocenters. The van der Waals surface area contributed by atoms with E-state index in [9.17, 15) is 4.79 Å². The van der Waals surface area contributed by atoms with Crippen molar-refractivity contribution in [1.82, 2.24) is 15.0 Å². The smallest absolute Gasteiger partial charge is 0.360 e. The lowest BCUT2D eigenvalue weighted by molar-refractivity contribution is 0.0519. The fourth-order valence-corrected chi connectivity index (χ4v) is 4.06. The van der Waals surface area contributed by atoms with Crippen LogP contribution in [-0.4, -0.2) is 27.5 Å². The van der Waals surface area contributed by atoms with E-state index in [1.807, 2.05) is 24.3 Å². The number of allylic oxidation sites excluding steroid dienone is 4. The Bertz CT molecular complexity index is 1290. The van der Waals surface area contributed by atoms with Gasteiger partial charge in [-0.25, -0.2) is 9.78 Å². The molecule has 1 aliphatic carbocycles. The molecule has 2 aliphatic rings. The molecular formula is C24H23ClN6O3. The number of carbonyl (C=O) groups is 1. The molecule has 1 unspecified atom stereocenters. The molecule has 0 spiro atoms. The lowest BCUT2D eigenvalue weighted by atomic mass is 9.91. The molecule has 6 bridgehead atoms.